The van der Waals surface area contributed by atoms with Crippen molar-refractivity contribution in [3.05, 3.63) is 53.2 Å². The van der Waals surface area contributed by atoms with Gasteiger partial charge in [-0.05, 0) is 30.2 Å². The first kappa shape index (κ1) is 17.3. The summed E-state index contributed by atoms with van der Waals surface area (Å²) in [5, 5.41) is 8.80. The van der Waals surface area contributed by atoms with Crippen molar-refractivity contribution in [2.45, 2.75) is 18.8 Å². The van der Waals surface area contributed by atoms with Crippen molar-refractivity contribution < 1.29 is 31.4 Å². The molecule has 2 nitrogen and oxygen atoms in total. The summed E-state index contributed by atoms with van der Waals surface area (Å²) in [4.78, 5) is 3.51. The number of pyridine rings is 1. The summed E-state index contributed by atoms with van der Waals surface area (Å²) in [6.07, 6.45) is -9.45. The molecule has 0 aliphatic rings. The minimum atomic E-state index is -4.72. The van der Waals surface area contributed by atoms with Crippen molar-refractivity contribution in [1.82, 2.24) is 4.98 Å². The van der Waals surface area contributed by atoms with Gasteiger partial charge < -0.3 is 5.11 Å². The van der Waals surface area contributed by atoms with Crippen LogP contribution in [0.3, 0.4) is 0 Å². The molecule has 0 bridgehead atoms. The SMILES string of the molecule is OCCc1ccc(-c2ccc(C(F)(F)F)cc2)nc1C(F)(F)F. The molecule has 0 fully saturated rings. The number of aliphatic hydroxyl groups is 1. The molecule has 8 heteroatoms. The third-order valence-corrected chi connectivity index (χ3v) is 3.14. The zero-order valence-corrected chi connectivity index (χ0v) is 11.5. The van der Waals surface area contributed by atoms with Gasteiger partial charge in [-0.15, -0.1) is 0 Å². The topological polar surface area (TPSA) is 33.1 Å². The highest BCUT2D eigenvalue weighted by Gasteiger charge is 2.35. The van der Waals surface area contributed by atoms with Gasteiger partial charge in [0.25, 0.3) is 0 Å². The van der Waals surface area contributed by atoms with Crippen LogP contribution in [0.15, 0.2) is 36.4 Å². The van der Waals surface area contributed by atoms with Crippen molar-refractivity contribution in [3.63, 3.8) is 0 Å². The summed E-state index contributed by atoms with van der Waals surface area (Å²) < 4.78 is 76.5. The van der Waals surface area contributed by atoms with Gasteiger partial charge in [0, 0.05) is 12.2 Å². The maximum atomic E-state index is 13.0. The lowest BCUT2D eigenvalue weighted by Gasteiger charge is -2.13. The highest BCUT2D eigenvalue weighted by molar-refractivity contribution is 5.60. The Morgan fingerprint density at radius 3 is 1.91 bits per heavy atom. The van der Waals surface area contributed by atoms with Crippen LogP contribution >= 0.6 is 0 Å². The van der Waals surface area contributed by atoms with Crippen molar-refractivity contribution in [2.75, 3.05) is 6.61 Å². The van der Waals surface area contributed by atoms with Gasteiger partial charge in [0.15, 0.2) is 0 Å². The molecule has 2 aromatic rings. The van der Waals surface area contributed by atoms with Crippen LogP contribution < -0.4 is 0 Å². The fourth-order valence-electron chi connectivity index (χ4n) is 2.05. The molecule has 1 aromatic heterocycles. The summed E-state index contributed by atoms with van der Waals surface area (Å²) in [6, 6.07) is 6.15. The average molecular weight is 335 g/mol. The van der Waals surface area contributed by atoms with Crippen LogP contribution in [0, 0.1) is 0 Å². The Labute approximate surface area is 127 Å². The largest absolute Gasteiger partial charge is 0.433 e. The number of hydrogen-bond acceptors (Lipinski definition) is 2. The van der Waals surface area contributed by atoms with Crippen molar-refractivity contribution in [1.29, 1.82) is 0 Å². The number of rotatable bonds is 3. The van der Waals surface area contributed by atoms with Crippen LogP contribution in [0.5, 0.6) is 0 Å². The van der Waals surface area contributed by atoms with Crippen molar-refractivity contribution in [3.8, 4) is 11.3 Å². The van der Waals surface area contributed by atoms with Crippen molar-refractivity contribution >= 4 is 0 Å². The van der Waals surface area contributed by atoms with Crippen LogP contribution in [0.2, 0.25) is 0 Å². The molecular formula is C15H11F6NO. The lowest BCUT2D eigenvalue weighted by molar-refractivity contribution is -0.141. The van der Waals surface area contributed by atoms with Crippen LogP contribution in [0.4, 0.5) is 26.3 Å². The number of halogens is 6. The average Bonchev–Trinajstić information content (AvgIpc) is 2.46. The predicted molar refractivity (Wildman–Crippen MR) is 70.5 cm³/mol. The summed E-state index contributed by atoms with van der Waals surface area (Å²) in [5.74, 6) is 0. The number of hydrogen-bond donors (Lipinski definition) is 1. The first-order valence-corrected chi connectivity index (χ1v) is 6.48. The lowest BCUT2D eigenvalue weighted by Crippen LogP contribution is -2.13. The minimum Gasteiger partial charge on any atom is -0.396 e. The molecule has 0 saturated carbocycles. The Bertz CT molecular complexity index is 676. The molecule has 0 aliphatic carbocycles. The molecule has 0 unspecified atom stereocenters. The molecule has 0 saturated heterocycles. The molecule has 1 heterocycles. The molecule has 1 N–H and O–H groups in total. The molecule has 1 aromatic carbocycles. The van der Waals surface area contributed by atoms with Gasteiger partial charge in [-0.1, -0.05) is 18.2 Å². The van der Waals surface area contributed by atoms with E-state index in [2.05, 4.69) is 4.98 Å². The smallest absolute Gasteiger partial charge is 0.396 e. The Hall–Kier alpha value is -2.09. The summed E-state index contributed by atoms with van der Waals surface area (Å²) in [5.41, 5.74) is -2.17. The molecule has 0 amide bonds. The zero-order chi connectivity index (χ0) is 17.3. The highest BCUT2D eigenvalue weighted by Crippen LogP contribution is 2.34. The van der Waals surface area contributed by atoms with Gasteiger partial charge in [0.1, 0.15) is 5.69 Å². The van der Waals surface area contributed by atoms with E-state index in [1.165, 1.54) is 12.1 Å². The molecular weight excluding hydrogens is 324 g/mol. The predicted octanol–water partition coefficient (Wildman–Crippen LogP) is 4.32. The molecule has 0 radical (unpaired) electrons. The quantitative estimate of drug-likeness (QED) is 0.848. The van der Waals surface area contributed by atoms with E-state index in [-0.39, 0.29) is 23.2 Å². The minimum absolute atomic E-state index is 0.0901. The first-order valence-electron chi connectivity index (χ1n) is 6.48. The molecule has 124 valence electrons. The van der Waals surface area contributed by atoms with Gasteiger partial charge in [0.05, 0.1) is 11.3 Å². The van der Waals surface area contributed by atoms with Crippen LogP contribution in [0.1, 0.15) is 16.8 Å². The molecule has 0 aliphatic heterocycles. The molecule has 0 atom stereocenters. The normalized spacial score (nSPS) is 12.5. The number of aromatic nitrogens is 1. The van der Waals surface area contributed by atoms with Crippen LogP contribution in [0.25, 0.3) is 11.3 Å². The Kier molecular flexibility index (Phi) is 4.65. The van der Waals surface area contributed by atoms with E-state index in [0.29, 0.717) is 0 Å². The lowest BCUT2D eigenvalue weighted by atomic mass is 10.0. The Balaban J connectivity index is 2.44. The first-order chi connectivity index (χ1) is 10.6. The van der Waals surface area contributed by atoms with Crippen molar-refractivity contribution in [2.24, 2.45) is 0 Å². The summed E-state index contributed by atoms with van der Waals surface area (Å²) >= 11 is 0. The maximum Gasteiger partial charge on any atom is 0.433 e. The van der Waals surface area contributed by atoms with E-state index >= 15 is 0 Å². The fraction of sp³-hybridized carbons (Fsp3) is 0.267. The van der Waals surface area contributed by atoms with Gasteiger partial charge in [-0.3, -0.25) is 0 Å². The number of nitrogens with zero attached hydrogens (tertiary/aromatic N) is 1. The van der Waals surface area contributed by atoms with E-state index in [1.54, 1.807) is 0 Å². The Morgan fingerprint density at radius 1 is 0.826 bits per heavy atom. The van der Waals surface area contributed by atoms with Gasteiger partial charge in [0.2, 0.25) is 0 Å². The standard InChI is InChI=1S/C15H11F6NO/c16-14(17,18)11-4-1-9(2-5-11)12-6-3-10(7-8-23)13(22-12)15(19,20)21/h1-6,23H,7-8H2. The highest BCUT2D eigenvalue weighted by atomic mass is 19.4. The van der Waals surface area contributed by atoms with E-state index in [9.17, 15) is 26.3 Å². The van der Waals surface area contributed by atoms with E-state index in [1.807, 2.05) is 0 Å². The third kappa shape index (κ3) is 4.01. The van der Waals surface area contributed by atoms with Crippen LogP contribution in [-0.2, 0) is 18.8 Å². The second-order valence-electron chi connectivity index (χ2n) is 4.75. The second-order valence-corrected chi connectivity index (χ2v) is 4.75. The fourth-order valence-corrected chi connectivity index (χ4v) is 2.05. The monoisotopic (exact) mass is 335 g/mol. The second kappa shape index (κ2) is 6.19. The van der Waals surface area contributed by atoms with Crippen LogP contribution in [-0.4, -0.2) is 16.7 Å². The van der Waals surface area contributed by atoms with Gasteiger partial charge in [-0.2, -0.15) is 26.3 Å². The molecule has 0 spiro atoms. The van der Waals surface area contributed by atoms with Gasteiger partial charge >= 0.3 is 12.4 Å². The van der Waals surface area contributed by atoms with E-state index < -0.39 is 30.2 Å². The zero-order valence-electron chi connectivity index (χ0n) is 11.5. The number of benzene rings is 1. The van der Waals surface area contributed by atoms with Gasteiger partial charge in [-0.25, -0.2) is 4.98 Å². The number of alkyl halides is 6. The maximum absolute atomic E-state index is 13.0. The number of aliphatic hydroxyl groups excluding tert-OH is 1. The van der Waals surface area contributed by atoms with E-state index in [4.69, 9.17) is 5.11 Å². The third-order valence-electron chi connectivity index (χ3n) is 3.14. The molecule has 2 rings (SSSR count). The Morgan fingerprint density at radius 2 is 1.43 bits per heavy atom. The molecule has 23 heavy (non-hydrogen) atoms. The summed E-state index contributed by atoms with van der Waals surface area (Å²) in [7, 11) is 0. The van der Waals surface area contributed by atoms with E-state index in [0.717, 1.165) is 24.3 Å². The summed E-state index contributed by atoms with van der Waals surface area (Å²) in [6.45, 7) is -0.468.